The Hall–Kier alpha value is -1.55. The van der Waals surface area contributed by atoms with Crippen LogP contribution in [-0.4, -0.2) is 32.3 Å². The Balaban J connectivity index is 1.82. The standard InChI is InChI=1S/C17H25NO3/c1-12-6-7-14(11-16(12)20-3)8-9-18-17(19)15-5-4-10-21-13(15)2/h6-7,11,13,15H,4-5,8-10H2,1-3H3,(H,18,19). The van der Waals surface area contributed by atoms with E-state index in [1.165, 1.54) is 5.56 Å². The zero-order valence-corrected chi connectivity index (χ0v) is 13.1. The Morgan fingerprint density at radius 3 is 3.00 bits per heavy atom. The zero-order chi connectivity index (χ0) is 15.2. The fourth-order valence-electron chi connectivity index (χ4n) is 2.75. The van der Waals surface area contributed by atoms with E-state index in [1.54, 1.807) is 7.11 Å². The quantitative estimate of drug-likeness (QED) is 0.906. The monoisotopic (exact) mass is 291 g/mol. The van der Waals surface area contributed by atoms with Gasteiger partial charge >= 0.3 is 0 Å². The molecule has 1 saturated heterocycles. The van der Waals surface area contributed by atoms with Crippen molar-refractivity contribution in [2.45, 2.75) is 39.2 Å². The fraction of sp³-hybridized carbons (Fsp3) is 0.588. The molecule has 0 radical (unpaired) electrons. The van der Waals surface area contributed by atoms with E-state index in [0.717, 1.165) is 37.2 Å². The molecule has 0 spiro atoms. The summed E-state index contributed by atoms with van der Waals surface area (Å²) in [7, 11) is 1.68. The smallest absolute Gasteiger partial charge is 0.225 e. The van der Waals surface area contributed by atoms with Crippen LogP contribution in [0.1, 0.15) is 30.9 Å². The summed E-state index contributed by atoms with van der Waals surface area (Å²) in [6.45, 7) is 5.42. The van der Waals surface area contributed by atoms with Crippen molar-refractivity contribution in [3.05, 3.63) is 29.3 Å². The summed E-state index contributed by atoms with van der Waals surface area (Å²) in [5, 5.41) is 3.02. The topological polar surface area (TPSA) is 47.6 Å². The van der Waals surface area contributed by atoms with E-state index in [2.05, 4.69) is 11.4 Å². The second-order valence-corrected chi connectivity index (χ2v) is 5.67. The van der Waals surface area contributed by atoms with Crippen molar-refractivity contribution in [3.63, 3.8) is 0 Å². The van der Waals surface area contributed by atoms with Crippen molar-refractivity contribution < 1.29 is 14.3 Å². The number of nitrogens with one attached hydrogen (secondary N) is 1. The molecule has 0 aliphatic carbocycles. The third-order valence-corrected chi connectivity index (χ3v) is 4.13. The first-order valence-corrected chi connectivity index (χ1v) is 7.64. The van der Waals surface area contributed by atoms with Crippen LogP contribution in [0.15, 0.2) is 18.2 Å². The van der Waals surface area contributed by atoms with Crippen LogP contribution >= 0.6 is 0 Å². The van der Waals surface area contributed by atoms with Crippen molar-refractivity contribution >= 4 is 5.91 Å². The molecule has 2 unspecified atom stereocenters. The highest BCUT2D eigenvalue weighted by Gasteiger charge is 2.28. The Morgan fingerprint density at radius 2 is 2.29 bits per heavy atom. The van der Waals surface area contributed by atoms with Gasteiger partial charge in [-0.3, -0.25) is 4.79 Å². The molecule has 1 amide bonds. The summed E-state index contributed by atoms with van der Waals surface area (Å²) in [5.74, 6) is 1.00. The number of amides is 1. The van der Waals surface area contributed by atoms with E-state index in [9.17, 15) is 4.79 Å². The number of methoxy groups -OCH3 is 1. The summed E-state index contributed by atoms with van der Waals surface area (Å²) in [6.07, 6.45) is 2.73. The summed E-state index contributed by atoms with van der Waals surface area (Å²) in [4.78, 5) is 12.2. The minimum absolute atomic E-state index is 0.00805. The van der Waals surface area contributed by atoms with Crippen LogP contribution in [0.25, 0.3) is 0 Å². The molecule has 1 aromatic rings. The molecule has 1 N–H and O–H groups in total. The summed E-state index contributed by atoms with van der Waals surface area (Å²) >= 11 is 0. The van der Waals surface area contributed by atoms with Crippen molar-refractivity contribution in [1.82, 2.24) is 5.32 Å². The van der Waals surface area contributed by atoms with Gasteiger partial charge in [-0.25, -0.2) is 0 Å². The molecule has 4 heteroatoms. The highest BCUT2D eigenvalue weighted by atomic mass is 16.5. The lowest BCUT2D eigenvalue weighted by Gasteiger charge is -2.28. The van der Waals surface area contributed by atoms with E-state index >= 15 is 0 Å². The SMILES string of the molecule is COc1cc(CCNC(=O)C2CCCOC2C)ccc1C. The molecule has 116 valence electrons. The van der Waals surface area contributed by atoms with Crippen LogP contribution in [-0.2, 0) is 16.0 Å². The Morgan fingerprint density at radius 1 is 1.48 bits per heavy atom. The van der Waals surface area contributed by atoms with Gasteiger partial charge in [0, 0.05) is 13.2 Å². The summed E-state index contributed by atoms with van der Waals surface area (Å²) < 4.78 is 10.9. The molecule has 1 heterocycles. The molecule has 4 nitrogen and oxygen atoms in total. The van der Waals surface area contributed by atoms with Gasteiger partial charge in [0.2, 0.25) is 5.91 Å². The maximum atomic E-state index is 12.2. The maximum Gasteiger partial charge on any atom is 0.225 e. The number of hydrogen-bond acceptors (Lipinski definition) is 3. The average Bonchev–Trinajstić information content (AvgIpc) is 2.49. The van der Waals surface area contributed by atoms with Crippen LogP contribution < -0.4 is 10.1 Å². The average molecular weight is 291 g/mol. The first kappa shape index (κ1) is 15.8. The number of benzene rings is 1. The molecule has 21 heavy (non-hydrogen) atoms. The van der Waals surface area contributed by atoms with Crippen molar-refractivity contribution in [2.75, 3.05) is 20.3 Å². The molecule has 0 bridgehead atoms. The largest absolute Gasteiger partial charge is 0.496 e. The van der Waals surface area contributed by atoms with E-state index in [-0.39, 0.29) is 17.9 Å². The second-order valence-electron chi connectivity index (χ2n) is 5.67. The van der Waals surface area contributed by atoms with E-state index in [0.29, 0.717) is 6.54 Å². The van der Waals surface area contributed by atoms with Gasteiger partial charge in [0.1, 0.15) is 5.75 Å². The fourth-order valence-corrected chi connectivity index (χ4v) is 2.75. The Kier molecular flexibility index (Phi) is 5.62. The molecule has 2 rings (SSSR count). The summed E-state index contributed by atoms with van der Waals surface area (Å²) in [5.41, 5.74) is 2.30. The van der Waals surface area contributed by atoms with Crippen molar-refractivity contribution in [2.24, 2.45) is 5.92 Å². The third-order valence-electron chi connectivity index (χ3n) is 4.13. The number of carbonyl (C=O) groups is 1. The molecule has 1 aliphatic rings. The predicted molar refractivity (Wildman–Crippen MR) is 82.6 cm³/mol. The van der Waals surface area contributed by atoms with E-state index in [1.807, 2.05) is 26.0 Å². The molecule has 1 fully saturated rings. The number of rotatable bonds is 5. The van der Waals surface area contributed by atoms with Crippen LogP contribution in [0.4, 0.5) is 0 Å². The van der Waals surface area contributed by atoms with Gasteiger partial charge in [0.05, 0.1) is 19.1 Å². The Bertz CT molecular complexity index is 487. The van der Waals surface area contributed by atoms with Gasteiger partial charge in [-0.05, 0) is 50.3 Å². The van der Waals surface area contributed by atoms with Gasteiger partial charge in [-0.1, -0.05) is 12.1 Å². The van der Waals surface area contributed by atoms with Crippen molar-refractivity contribution in [1.29, 1.82) is 0 Å². The Labute approximate surface area is 126 Å². The van der Waals surface area contributed by atoms with Crippen molar-refractivity contribution in [3.8, 4) is 5.75 Å². The van der Waals surface area contributed by atoms with Gasteiger partial charge in [-0.15, -0.1) is 0 Å². The molecular formula is C17H25NO3. The van der Waals surface area contributed by atoms with E-state index in [4.69, 9.17) is 9.47 Å². The maximum absolute atomic E-state index is 12.2. The molecular weight excluding hydrogens is 266 g/mol. The lowest BCUT2D eigenvalue weighted by atomic mass is 9.94. The van der Waals surface area contributed by atoms with Gasteiger partial charge in [-0.2, -0.15) is 0 Å². The predicted octanol–water partition coefficient (Wildman–Crippen LogP) is 2.48. The van der Waals surface area contributed by atoms with Crippen LogP contribution in [0.3, 0.4) is 0 Å². The van der Waals surface area contributed by atoms with Crippen LogP contribution in [0.5, 0.6) is 5.75 Å². The first-order chi connectivity index (χ1) is 10.1. The normalized spacial score (nSPS) is 21.9. The highest BCUT2D eigenvalue weighted by molar-refractivity contribution is 5.79. The number of ether oxygens (including phenoxy) is 2. The highest BCUT2D eigenvalue weighted by Crippen LogP contribution is 2.21. The van der Waals surface area contributed by atoms with Gasteiger partial charge < -0.3 is 14.8 Å². The van der Waals surface area contributed by atoms with Gasteiger partial charge in [0.15, 0.2) is 0 Å². The molecule has 2 atom stereocenters. The van der Waals surface area contributed by atoms with Crippen LogP contribution in [0.2, 0.25) is 0 Å². The minimum Gasteiger partial charge on any atom is -0.496 e. The number of carbonyl (C=O) groups excluding carboxylic acids is 1. The third kappa shape index (κ3) is 4.21. The van der Waals surface area contributed by atoms with Gasteiger partial charge in [0.25, 0.3) is 0 Å². The first-order valence-electron chi connectivity index (χ1n) is 7.64. The van der Waals surface area contributed by atoms with E-state index < -0.39 is 0 Å². The number of aryl methyl sites for hydroxylation is 1. The lowest BCUT2D eigenvalue weighted by molar-refractivity contribution is -0.133. The van der Waals surface area contributed by atoms with Crippen LogP contribution in [0, 0.1) is 12.8 Å². The lowest BCUT2D eigenvalue weighted by Crippen LogP contribution is -2.40. The summed E-state index contributed by atoms with van der Waals surface area (Å²) in [6, 6.07) is 6.16. The second kappa shape index (κ2) is 7.46. The molecule has 1 aliphatic heterocycles. The minimum atomic E-state index is -0.00805. The molecule has 0 aromatic heterocycles. The zero-order valence-electron chi connectivity index (χ0n) is 13.1. The molecule has 0 saturated carbocycles. The number of hydrogen-bond donors (Lipinski definition) is 1. The molecule has 1 aromatic carbocycles.